The van der Waals surface area contributed by atoms with Crippen molar-refractivity contribution in [3.05, 3.63) is 72.8 Å². The fourth-order valence-corrected chi connectivity index (χ4v) is 2.07. The van der Waals surface area contributed by atoms with Crippen molar-refractivity contribution < 1.29 is 0 Å². The molecule has 1 heterocycles. The zero-order valence-corrected chi connectivity index (χ0v) is 10.5. The van der Waals surface area contributed by atoms with Gasteiger partial charge in [0.05, 0.1) is 6.33 Å². The summed E-state index contributed by atoms with van der Waals surface area (Å²) in [7, 11) is 0. The van der Waals surface area contributed by atoms with E-state index in [2.05, 4.69) is 33.8 Å². The van der Waals surface area contributed by atoms with Crippen LogP contribution in [0.25, 0.3) is 11.1 Å². The van der Waals surface area contributed by atoms with E-state index < -0.39 is 0 Å². The molecule has 94 valence electrons. The van der Waals surface area contributed by atoms with Crippen LogP contribution in [0.1, 0.15) is 5.56 Å². The molecule has 0 amide bonds. The summed E-state index contributed by atoms with van der Waals surface area (Å²) in [5, 5.41) is 0. The molecule has 2 aromatic carbocycles. The zero-order chi connectivity index (χ0) is 13.1. The number of benzene rings is 2. The van der Waals surface area contributed by atoms with Crippen molar-refractivity contribution in [3.8, 4) is 11.1 Å². The third kappa shape index (κ3) is 2.65. The quantitative estimate of drug-likeness (QED) is 0.724. The van der Waals surface area contributed by atoms with Crippen molar-refractivity contribution in [2.45, 2.75) is 6.54 Å². The Bertz CT molecular complexity index is 637. The SMILES string of the molecule is Nc1ccc(-c2ccc(Cn3ccnc3)cc2)cc1. The third-order valence-electron chi connectivity index (χ3n) is 3.12. The van der Waals surface area contributed by atoms with E-state index in [1.165, 1.54) is 16.7 Å². The maximum Gasteiger partial charge on any atom is 0.0949 e. The van der Waals surface area contributed by atoms with Gasteiger partial charge in [0.15, 0.2) is 0 Å². The molecule has 1 aromatic heterocycles. The first-order valence-electron chi connectivity index (χ1n) is 6.22. The highest BCUT2D eigenvalue weighted by molar-refractivity contribution is 5.65. The first-order chi connectivity index (χ1) is 9.31. The van der Waals surface area contributed by atoms with Crippen LogP contribution in [-0.2, 0) is 6.54 Å². The molecule has 0 spiro atoms. The summed E-state index contributed by atoms with van der Waals surface area (Å²) in [6.07, 6.45) is 5.59. The number of hydrogen-bond acceptors (Lipinski definition) is 2. The molecule has 0 bridgehead atoms. The van der Waals surface area contributed by atoms with Crippen molar-refractivity contribution in [2.24, 2.45) is 0 Å². The van der Waals surface area contributed by atoms with Gasteiger partial charge in [-0.25, -0.2) is 4.98 Å². The second-order valence-corrected chi connectivity index (χ2v) is 4.55. The second kappa shape index (κ2) is 4.98. The van der Waals surface area contributed by atoms with Gasteiger partial charge in [-0.1, -0.05) is 36.4 Å². The number of hydrogen-bond donors (Lipinski definition) is 1. The van der Waals surface area contributed by atoms with E-state index >= 15 is 0 Å². The molecule has 3 nitrogen and oxygen atoms in total. The number of imidazole rings is 1. The fourth-order valence-electron chi connectivity index (χ4n) is 2.07. The molecule has 0 aliphatic carbocycles. The lowest BCUT2D eigenvalue weighted by Gasteiger charge is -2.05. The van der Waals surface area contributed by atoms with Gasteiger partial charge in [-0.2, -0.15) is 0 Å². The highest BCUT2D eigenvalue weighted by Gasteiger charge is 1.99. The first-order valence-corrected chi connectivity index (χ1v) is 6.22. The van der Waals surface area contributed by atoms with Gasteiger partial charge in [-0.05, 0) is 28.8 Å². The topological polar surface area (TPSA) is 43.8 Å². The Balaban J connectivity index is 1.80. The standard InChI is InChI=1S/C16H15N3/c17-16-7-5-15(6-8-16)14-3-1-13(2-4-14)11-19-10-9-18-12-19/h1-10,12H,11,17H2. The normalized spacial score (nSPS) is 10.5. The van der Waals surface area contributed by atoms with E-state index in [9.17, 15) is 0 Å². The molecule has 0 radical (unpaired) electrons. The largest absolute Gasteiger partial charge is 0.399 e. The average molecular weight is 249 g/mol. The van der Waals surface area contributed by atoms with Crippen LogP contribution in [0.5, 0.6) is 0 Å². The Labute approximate surface area is 112 Å². The fraction of sp³-hybridized carbons (Fsp3) is 0.0625. The average Bonchev–Trinajstić information content (AvgIpc) is 2.94. The molecule has 3 heteroatoms. The van der Waals surface area contributed by atoms with E-state index in [4.69, 9.17) is 5.73 Å². The molecule has 3 rings (SSSR count). The van der Waals surface area contributed by atoms with Crippen LogP contribution < -0.4 is 5.73 Å². The maximum absolute atomic E-state index is 5.70. The van der Waals surface area contributed by atoms with Gasteiger partial charge < -0.3 is 10.3 Å². The summed E-state index contributed by atoms with van der Waals surface area (Å²) in [6, 6.07) is 16.5. The number of nitrogen functional groups attached to an aromatic ring is 1. The maximum atomic E-state index is 5.70. The summed E-state index contributed by atoms with van der Waals surface area (Å²) >= 11 is 0. The molecule has 0 aliphatic heterocycles. The monoisotopic (exact) mass is 249 g/mol. The minimum absolute atomic E-state index is 0.792. The van der Waals surface area contributed by atoms with Crippen LogP contribution >= 0.6 is 0 Å². The van der Waals surface area contributed by atoms with Gasteiger partial charge >= 0.3 is 0 Å². The van der Waals surface area contributed by atoms with E-state index in [0.29, 0.717) is 0 Å². The van der Waals surface area contributed by atoms with Gasteiger partial charge in [0.25, 0.3) is 0 Å². The number of nitrogens with two attached hydrogens (primary N) is 1. The van der Waals surface area contributed by atoms with Crippen LogP contribution in [0.2, 0.25) is 0 Å². The predicted molar refractivity (Wildman–Crippen MR) is 77.6 cm³/mol. The van der Waals surface area contributed by atoms with Gasteiger partial charge in [-0.3, -0.25) is 0 Å². The Morgan fingerprint density at radius 1 is 0.895 bits per heavy atom. The van der Waals surface area contributed by atoms with Gasteiger partial charge in [-0.15, -0.1) is 0 Å². The summed E-state index contributed by atoms with van der Waals surface area (Å²) < 4.78 is 2.05. The van der Waals surface area contributed by atoms with Crippen LogP contribution in [0, 0.1) is 0 Å². The molecule has 0 fully saturated rings. The van der Waals surface area contributed by atoms with Crippen LogP contribution in [-0.4, -0.2) is 9.55 Å². The zero-order valence-electron chi connectivity index (χ0n) is 10.5. The summed E-state index contributed by atoms with van der Waals surface area (Å²) in [5.74, 6) is 0. The van der Waals surface area contributed by atoms with Crippen LogP contribution in [0.3, 0.4) is 0 Å². The van der Waals surface area contributed by atoms with E-state index in [1.54, 1.807) is 6.20 Å². The van der Waals surface area contributed by atoms with E-state index in [1.807, 2.05) is 36.8 Å². The molecule has 0 saturated heterocycles. The number of nitrogens with zero attached hydrogens (tertiary/aromatic N) is 2. The molecule has 2 N–H and O–H groups in total. The van der Waals surface area contributed by atoms with Crippen molar-refractivity contribution in [2.75, 3.05) is 5.73 Å². The molecular formula is C16H15N3. The highest BCUT2D eigenvalue weighted by Crippen LogP contribution is 2.21. The molecule has 0 atom stereocenters. The highest BCUT2D eigenvalue weighted by atomic mass is 15.0. The lowest BCUT2D eigenvalue weighted by atomic mass is 10.0. The lowest BCUT2D eigenvalue weighted by molar-refractivity contribution is 0.797. The Hall–Kier alpha value is -2.55. The van der Waals surface area contributed by atoms with Gasteiger partial charge in [0.2, 0.25) is 0 Å². The van der Waals surface area contributed by atoms with Crippen LogP contribution in [0.15, 0.2) is 67.3 Å². The van der Waals surface area contributed by atoms with Crippen molar-refractivity contribution in [1.82, 2.24) is 9.55 Å². The number of aromatic nitrogens is 2. The van der Waals surface area contributed by atoms with E-state index in [0.717, 1.165) is 12.2 Å². The number of rotatable bonds is 3. The summed E-state index contributed by atoms with van der Waals surface area (Å²) in [6.45, 7) is 0.849. The molecule has 0 unspecified atom stereocenters. The minimum atomic E-state index is 0.792. The first kappa shape index (κ1) is 11.5. The van der Waals surface area contributed by atoms with E-state index in [-0.39, 0.29) is 0 Å². The molecular weight excluding hydrogens is 234 g/mol. The molecule has 0 aliphatic rings. The smallest absolute Gasteiger partial charge is 0.0949 e. The molecule has 0 saturated carbocycles. The van der Waals surface area contributed by atoms with Crippen molar-refractivity contribution >= 4 is 5.69 Å². The minimum Gasteiger partial charge on any atom is -0.399 e. The van der Waals surface area contributed by atoms with Crippen molar-refractivity contribution in [3.63, 3.8) is 0 Å². The third-order valence-corrected chi connectivity index (χ3v) is 3.12. The van der Waals surface area contributed by atoms with Crippen LogP contribution in [0.4, 0.5) is 5.69 Å². The number of anilines is 1. The Morgan fingerprint density at radius 3 is 2.11 bits per heavy atom. The summed E-state index contributed by atoms with van der Waals surface area (Å²) in [4.78, 5) is 4.04. The van der Waals surface area contributed by atoms with Crippen molar-refractivity contribution in [1.29, 1.82) is 0 Å². The summed E-state index contributed by atoms with van der Waals surface area (Å²) in [5.41, 5.74) is 10.1. The molecule has 19 heavy (non-hydrogen) atoms. The lowest BCUT2D eigenvalue weighted by Crippen LogP contribution is -1.95. The van der Waals surface area contributed by atoms with Gasteiger partial charge in [0.1, 0.15) is 0 Å². The Morgan fingerprint density at radius 2 is 1.53 bits per heavy atom. The Kier molecular flexibility index (Phi) is 3.02. The second-order valence-electron chi connectivity index (χ2n) is 4.55. The molecule has 3 aromatic rings. The predicted octanol–water partition coefficient (Wildman–Crippen LogP) is 3.18. The van der Waals surface area contributed by atoms with Gasteiger partial charge in [0, 0.05) is 24.6 Å².